The molecular formula is C10H16O3. The van der Waals surface area contributed by atoms with Gasteiger partial charge in [0.25, 0.3) is 0 Å². The molecule has 3 heteroatoms. The van der Waals surface area contributed by atoms with Crippen LogP contribution in [0.15, 0.2) is 11.3 Å². The Bertz CT molecular complexity index is 265. The van der Waals surface area contributed by atoms with Gasteiger partial charge >= 0.3 is 5.97 Å². The highest BCUT2D eigenvalue weighted by atomic mass is 16.5. The largest absolute Gasteiger partial charge is 0.491 e. The van der Waals surface area contributed by atoms with E-state index >= 15 is 0 Å². The van der Waals surface area contributed by atoms with E-state index in [2.05, 4.69) is 0 Å². The zero-order valence-corrected chi connectivity index (χ0v) is 8.55. The molecule has 1 rings (SSSR count). The Morgan fingerprint density at radius 3 is 2.38 bits per heavy atom. The van der Waals surface area contributed by atoms with E-state index < -0.39 is 5.97 Å². The summed E-state index contributed by atoms with van der Waals surface area (Å²) in [7, 11) is 0. The lowest BCUT2D eigenvalue weighted by molar-refractivity contribution is -0.132. The first-order valence-corrected chi connectivity index (χ1v) is 4.49. The van der Waals surface area contributed by atoms with Gasteiger partial charge in [-0.2, -0.15) is 0 Å². The first-order chi connectivity index (χ1) is 5.87. The molecule has 1 heterocycles. The predicted molar refractivity (Wildman–Crippen MR) is 49.3 cm³/mol. The van der Waals surface area contributed by atoms with Gasteiger partial charge in [-0.25, -0.2) is 4.79 Å². The van der Waals surface area contributed by atoms with Gasteiger partial charge < -0.3 is 9.84 Å². The summed E-state index contributed by atoms with van der Waals surface area (Å²) in [5.41, 5.74) is 0.0776. The smallest absolute Gasteiger partial charge is 0.335 e. The van der Waals surface area contributed by atoms with Gasteiger partial charge in [0.1, 0.15) is 11.4 Å². The topological polar surface area (TPSA) is 46.5 Å². The van der Waals surface area contributed by atoms with E-state index in [1.165, 1.54) is 0 Å². The molecule has 0 amide bonds. The van der Waals surface area contributed by atoms with Crippen molar-refractivity contribution in [3.8, 4) is 0 Å². The fourth-order valence-corrected chi connectivity index (χ4v) is 1.47. The van der Waals surface area contributed by atoms with Gasteiger partial charge in [0.05, 0.1) is 5.57 Å². The van der Waals surface area contributed by atoms with Gasteiger partial charge in [-0.3, -0.25) is 0 Å². The standard InChI is InChI=1S/C10H16O3/c1-6(2)10(4)5-8(9(11)12)7(3)13-10/h6H,5H2,1-4H3,(H,11,12). The second-order valence-corrected chi connectivity index (χ2v) is 4.09. The third-order valence-electron chi connectivity index (χ3n) is 2.82. The summed E-state index contributed by atoms with van der Waals surface area (Å²) in [5.74, 6) is 0.0184. The molecule has 0 saturated heterocycles. The number of rotatable bonds is 2. The summed E-state index contributed by atoms with van der Waals surface area (Å²) in [6.07, 6.45) is 0.506. The quantitative estimate of drug-likeness (QED) is 0.715. The Labute approximate surface area is 78.4 Å². The summed E-state index contributed by atoms with van der Waals surface area (Å²) < 4.78 is 5.58. The maximum Gasteiger partial charge on any atom is 0.335 e. The molecule has 74 valence electrons. The Hall–Kier alpha value is -0.990. The van der Waals surface area contributed by atoms with Crippen LogP contribution < -0.4 is 0 Å². The average molecular weight is 184 g/mol. The second kappa shape index (κ2) is 3.05. The zero-order valence-electron chi connectivity index (χ0n) is 8.55. The van der Waals surface area contributed by atoms with E-state index in [4.69, 9.17) is 9.84 Å². The minimum Gasteiger partial charge on any atom is -0.491 e. The number of hydrogen-bond donors (Lipinski definition) is 1. The molecule has 0 radical (unpaired) electrons. The lowest BCUT2D eigenvalue weighted by atomic mass is 9.87. The molecule has 1 aliphatic heterocycles. The van der Waals surface area contributed by atoms with E-state index in [0.717, 1.165) is 0 Å². The molecule has 0 aromatic heterocycles. The second-order valence-electron chi connectivity index (χ2n) is 4.09. The van der Waals surface area contributed by atoms with Crippen molar-refractivity contribution < 1.29 is 14.6 Å². The summed E-state index contributed by atoms with van der Waals surface area (Å²) >= 11 is 0. The molecule has 1 N–H and O–H groups in total. The van der Waals surface area contributed by atoms with Crippen LogP contribution in [0.3, 0.4) is 0 Å². The van der Waals surface area contributed by atoms with Crippen LogP contribution in [0.2, 0.25) is 0 Å². The number of aliphatic carboxylic acids is 1. The van der Waals surface area contributed by atoms with Gasteiger partial charge in [-0.05, 0) is 19.8 Å². The van der Waals surface area contributed by atoms with E-state index in [0.29, 0.717) is 23.7 Å². The number of hydrogen-bond acceptors (Lipinski definition) is 2. The molecule has 3 nitrogen and oxygen atoms in total. The lowest BCUT2D eigenvalue weighted by Gasteiger charge is -2.29. The summed E-state index contributed by atoms with van der Waals surface area (Å²) in [6, 6.07) is 0. The summed E-state index contributed by atoms with van der Waals surface area (Å²) in [5, 5.41) is 8.86. The molecule has 0 spiro atoms. The SMILES string of the molecule is CC1=C(C(=O)O)CC(C)(C(C)C)O1. The van der Waals surface area contributed by atoms with Gasteiger partial charge in [-0.1, -0.05) is 13.8 Å². The monoisotopic (exact) mass is 184 g/mol. The molecule has 0 aromatic carbocycles. The average Bonchev–Trinajstić information content (AvgIpc) is 2.28. The maximum absolute atomic E-state index is 10.8. The van der Waals surface area contributed by atoms with Crippen LogP contribution in [-0.2, 0) is 9.53 Å². The number of allylic oxidation sites excluding steroid dienone is 1. The molecule has 0 saturated carbocycles. The van der Waals surface area contributed by atoms with Crippen molar-refractivity contribution in [3.05, 3.63) is 11.3 Å². The van der Waals surface area contributed by atoms with Crippen molar-refractivity contribution in [1.29, 1.82) is 0 Å². The summed E-state index contributed by atoms with van der Waals surface area (Å²) in [4.78, 5) is 10.8. The van der Waals surface area contributed by atoms with Crippen LogP contribution in [0.1, 0.15) is 34.1 Å². The van der Waals surface area contributed by atoms with Crippen LogP contribution >= 0.6 is 0 Å². The number of carboxylic acid groups (broad SMARTS) is 1. The van der Waals surface area contributed by atoms with Crippen LogP contribution in [0, 0.1) is 5.92 Å². The van der Waals surface area contributed by atoms with Gasteiger partial charge in [-0.15, -0.1) is 0 Å². The molecule has 1 aliphatic rings. The van der Waals surface area contributed by atoms with Crippen molar-refractivity contribution in [2.24, 2.45) is 5.92 Å². The maximum atomic E-state index is 10.8. The fraction of sp³-hybridized carbons (Fsp3) is 0.700. The lowest BCUT2D eigenvalue weighted by Crippen LogP contribution is -2.31. The molecule has 13 heavy (non-hydrogen) atoms. The summed E-state index contributed by atoms with van der Waals surface area (Å²) in [6.45, 7) is 7.75. The van der Waals surface area contributed by atoms with Crippen molar-refractivity contribution >= 4 is 5.97 Å². The minimum absolute atomic E-state index is 0.319. The van der Waals surface area contributed by atoms with Gasteiger partial charge in [0.2, 0.25) is 0 Å². The third-order valence-corrected chi connectivity index (χ3v) is 2.82. The number of carboxylic acids is 1. The van der Waals surface area contributed by atoms with E-state index in [-0.39, 0.29) is 5.60 Å². The van der Waals surface area contributed by atoms with Gasteiger partial charge in [0, 0.05) is 6.42 Å². The molecule has 0 aromatic rings. The Morgan fingerprint density at radius 1 is 1.62 bits per heavy atom. The highest BCUT2D eigenvalue weighted by Gasteiger charge is 2.40. The Morgan fingerprint density at radius 2 is 2.15 bits per heavy atom. The first-order valence-electron chi connectivity index (χ1n) is 4.49. The zero-order chi connectivity index (χ0) is 10.2. The van der Waals surface area contributed by atoms with Crippen LogP contribution in [0.5, 0.6) is 0 Å². The Kier molecular flexibility index (Phi) is 2.37. The van der Waals surface area contributed by atoms with Crippen LogP contribution in [0.25, 0.3) is 0 Å². The molecule has 0 bridgehead atoms. The van der Waals surface area contributed by atoms with Crippen LogP contribution in [0.4, 0.5) is 0 Å². The highest BCUT2D eigenvalue weighted by Crippen LogP contribution is 2.38. The van der Waals surface area contributed by atoms with Crippen molar-refractivity contribution in [2.75, 3.05) is 0 Å². The first kappa shape index (κ1) is 10.1. The van der Waals surface area contributed by atoms with Gasteiger partial charge in [0.15, 0.2) is 0 Å². The van der Waals surface area contributed by atoms with Crippen molar-refractivity contribution in [2.45, 2.75) is 39.7 Å². The van der Waals surface area contributed by atoms with Crippen molar-refractivity contribution in [1.82, 2.24) is 0 Å². The predicted octanol–water partition coefficient (Wildman–Crippen LogP) is 2.18. The number of ether oxygens (including phenoxy) is 1. The molecule has 0 aliphatic carbocycles. The van der Waals surface area contributed by atoms with E-state index in [1.807, 2.05) is 20.8 Å². The fourth-order valence-electron chi connectivity index (χ4n) is 1.47. The Balaban J connectivity index is 2.85. The van der Waals surface area contributed by atoms with Crippen LogP contribution in [-0.4, -0.2) is 16.7 Å². The molecule has 1 unspecified atom stereocenters. The minimum atomic E-state index is -0.859. The third kappa shape index (κ3) is 1.69. The van der Waals surface area contributed by atoms with Crippen molar-refractivity contribution in [3.63, 3.8) is 0 Å². The van der Waals surface area contributed by atoms with E-state index in [1.54, 1.807) is 6.92 Å². The highest BCUT2D eigenvalue weighted by molar-refractivity contribution is 5.87. The number of carbonyl (C=O) groups is 1. The normalized spacial score (nSPS) is 28.1. The van der Waals surface area contributed by atoms with E-state index in [9.17, 15) is 4.79 Å². The molecular weight excluding hydrogens is 168 g/mol. The molecule has 0 fully saturated rings. The molecule has 1 atom stereocenters.